The number of hydrogen-bond acceptors (Lipinski definition) is 5. The standard InChI is InChI=1S/C14H21N3O3/c1-14(2,3)20-13(18)17-7-5-11(8-17)9-19-12-4-6-15-10-16-12/h4,6,10-11H,5,7-9H2,1-3H3. The van der Waals surface area contributed by atoms with Crippen LogP contribution in [-0.2, 0) is 4.74 Å². The van der Waals surface area contributed by atoms with Crippen LogP contribution in [0.25, 0.3) is 0 Å². The maximum Gasteiger partial charge on any atom is 0.410 e. The largest absolute Gasteiger partial charge is 0.477 e. The minimum atomic E-state index is -0.452. The summed E-state index contributed by atoms with van der Waals surface area (Å²) < 4.78 is 10.9. The molecule has 2 heterocycles. The van der Waals surface area contributed by atoms with E-state index in [1.54, 1.807) is 17.2 Å². The molecule has 0 aromatic carbocycles. The summed E-state index contributed by atoms with van der Waals surface area (Å²) in [5.41, 5.74) is -0.452. The molecule has 1 fully saturated rings. The zero-order valence-corrected chi connectivity index (χ0v) is 12.2. The third kappa shape index (κ3) is 4.36. The first-order valence-electron chi connectivity index (χ1n) is 6.81. The van der Waals surface area contributed by atoms with Gasteiger partial charge in [0.2, 0.25) is 5.88 Å². The van der Waals surface area contributed by atoms with Gasteiger partial charge in [-0.3, -0.25) is 0 Å². The van der Waals surface area contributed by atoms with E-state index in [-0.39, 0.29) is 6.09 Å². The van der Waals surface area contributed by atoms with Crippen molar-refractivity contribution in [1.82, 2.24) is 14.9 Å². The van der Waals surface area contributed by atoms with Gasteiger partial charge in [-0.2, -0.15) is 0 Å². The van der Waals surface area contributed by atoms with E-state index in [0.29, 0.717) is 31.5 Å². The fourth-order valence-corrected chi connectivity index (χ4v) is 2.03. The molecule has 0 N–H and O–H groups in total. The molecule has 0 aliphatic carbocycles. The van der Waals surface area contributed by atoms with Crippen molar-refractivity contribution >= 4 is 6.09 Å². The fraction of sp³-hybridized carbons (Fsp3) is 0.643. The second-order valence-corrected chi connectivity index (χ2v) is 5.94. The van der Waals surface area contributed by atoms with Gasteiger partial charge in [0.1, 0.15) is 11.9 Å². The highest BCUT2D eigenvalue weighted by molar-refractivity contribution is 5.68. The van der Waals surface area contributed by atoms with Gasteiger partial charge in [-0.25, -0.2) is 14.8 Å². The monoisotopic (exact) mass is 279 g/mol. The van der Waals surface area contributed by atoms with Gasteiger partial charge in [0, 0.05) is 31.3 Å². The van der Waals surface area contributed by atoms with Crippen molar-refractivity contribution < 1.29 is 14.3 Å². The summed E-state index contributed by atoms with van der Waals surface area (Å²) >= 11 is 0. The van der Waals surface area contributed by atoms with Crippen molar-refractivity contribution in [2.45, 2.75) is 32.8 Å². The third-order valence-corrected chi connectivity index (χ3v) is 2.96. The van der Waals surface area contributed by atoms with Crippen molar-refractivity contribution in [3.05, 3.63) is 18.6 Å². The molecule has 6 nitrogen and oxygen atoms in total. The SMILES string of the molecule is CC(C)(C)OC(=O)N1CCC(COc2ccncn2)C1. The summed E-state index contributed by atoms with van der Waals surface area (Å²) in [5, 5.41) is 0. The number of aromatic nitrogens is 2. The zero-order valence-electron chi connectivity index (χ0n) is 12.2. The molecule has 0 bridgehead atoms. The van der Waals surface area contributed by atoms with Crippen molar-refractivity contribution in [3.63, 3.8) is 0 Å². The molecule has 20 heavy (non-hydrogen) atoms. The van der Waals surface area contributed by atoms with Gasteiger partial charge in [0.25, 0.3) is 0 Å². The van der Waals surface area contributed by atoms with E-state index in [1.165, 1.54) is 6.33 Å². The van der Waals surface area contributed by atoms with Crippen molar-refractivity contribution in [3.8, 4) is 5.88 Å². The highest BCUT2D eigenvalue weighted by Gasteiger charge is 2.30. The minimum absolute atomic E-state index is 0.248. The Kier molecular flexibility index (Phi) is 4.42. The lowest BCUT2D eigenvalue weighted by atomic mass is 10.1. The second-order valence-electron chi connectivity index (χ2n) is 5.94. The number of likely N-dealkylation sites (tertiary alicyclic amines) is 1. The lowest BCUT2D eigenvalue weighted by Gasteiger charge is -2.24. The van der Waals surface area contributed by atoms with Crippen LogP contribution in [0.5, 0.6) is 5.88 Å². The minimum Gasteiger partial charge on any atom is -0.477 e. The summed E-state index contributed by atoms with van der Waals surface area (Å²) in [6.45, 7) is 7.55. The van der Waals surface area contributed by atoms with Gasteiger partial charge in [-0.05, 0) is 27.2 Å². The van der Waals surface area contributed by atoms with Gasteiger partial charge in [0.05, 0.1) is 6.61 Å². The summed E-state index contributed by atoms with van der Waals surface area (Å²) in [7, 11) is 0. The average molecular weight is 279 g/mol. The number of hydrogen-bond donors (Lipinski definition) is 0. The highest BCUT2D eigenvalue weighted by atomic mass is 16.6. The first-order chi connectivity index (χ1) is 9.44. The number of rotatable bonds is 3. The Labute approximate surface area is 119 Å². The molecule has 1 unspecified atom stereocenters. The highest BCUT2D eigenvalue weighted by Crippen LogP contribution is 2.20. The Morgan fingerprint density at radius 1 is 1.50 bits per heavy atom. The maximum atomic E-state index is 11.9. The van der Waals surface area contributed by atoms with Gasteiger partial charge in [0.15, 0.2) is 0 Å². The molecular weight excluding hydrogens is 258 g/mol. The summed E-state index contributed by atoms with van der Waals surface area (Å²) in [6, 6.07) is 1.72. The summed E-state index contributed by atoms with van der Waals surface area (Å²) in [4.78, 5) is 21.5. The summed E-state index contributed by atoms with van der Waals surface area (Å²) in [6.07, 6.45) is 3.77. The lowest BCUT2D eigenvalue weighted by Crippen LogP contribution is -2.35. The van der Waals surface area contributed by atoms with Crippen LogP contribution in [0.2, 0.25) is 0 Å². The fourth-order valence-electron chi connectivity index (χ4n) is 2.03. The van der Waals surface area contributed by atoms with Crippen LogP contribution in [-0.4, -0.2) is 46.3 Å². The zero-order chi connectivity index (χ0) is 14.6. The van der Waals surface area contributed by atoms with Crippen LogP contribution in [0.3, 0.4) is 0 Å². The first-order valence-corrected chi connectivity index (χ1v) is 6.81. The van der Waals surface area contributed by atoms with Crippen molar-refractivity contribution in [1.29, 1.82) is 0 Å². The van der Waals surface area contributed by atoms with Crippen LogP contribution >= 0.6 is 0 Å². The van der Waals surface area contributed by atoms with Crippen molar-refractivity contribution in [2.75, 3.05) is 19.7 Å². The van der Waals surface area contributed by atoms with E-state index in [1.807, 2.05) is 20.8 Å². The van der Waals surface area contributed by atoms with E-state index >= 15 is 0 Å². The molecule has 0 saturated carbocycles. The van der Waals surface area contributed by atoms with Gasteiger partial charge in [-0.1, -0.05) is 0 Å². The van der Waals surface area contributed by atoms with E-state index in [9.17, 15) is 4.79 Å². The Bertz CT molecular complexity index is 445. The first kappa shape index (κ1) is 14.6. The van der Waals surface area contributed by atoms with Crippen LogP contribution in [0.4, 0.5) is 4.79 Å². The normalized spacial score (nSPS) is 18.9. The second kappa shape index (κ2) is 6.07. The van der Waals surface area contributed by atoms with Crippen LogP contribution in [0.1, 0.15) is 27.2 Å². The lowest BCUT2D eigenvalue weighted by molar-refractivity contribution is 0.0284. The molecule has 1 aromatic heterocycles. The molecule has 2 rings (SSSR count). The van der Waals surface area contributed by atoms with E-state index in [0.717, 1.165) is 6.42 Å². The maximum absolute atomic E-state index is 11.9. The molecule has 1 atom stereocenters. The Morgan fingerprint density at radius 2 is 2.30 bits per heavy atom. The number of carbonyl (C=O) groups excluding carboxylic acids is 1. The van der Waals surface area contributed by atoms with E-state index in [4.69, 9.17) is 9.47 Å². The smallest absolute Gasteiger partial charge is 0.410 e. The average Bonchev–Trinajstić information content (AvgIpc) is 2.84. The predicted molar refractivity (Wildman–Crippen MR) is 73.4 cm³/mol. The summed E-state index contributed by atoms with van der Waals surface area (Å²) in [5.74, 6) is 0.883. The Morgan fingerprint density at radius 3 is 2.95 bits per heavy atom. The molecule has 1 aliphatic heterocycles. The van der Waals surface area contributed by atoms with Crippen LogP contribution < -0.4 is 4.74 Å². The molecule has 0 radical (unpaired) electrons. The van der Waals surface area contributed by atoms with Gasteiger partial charge < -0.3 is 14.4 Å². The number of amides is 1. The number of carbonyl (C=O) groups is 1. The topological polar surface area (TPSA) is 64.5 Å². The van der Waals surface area contributed by atoms with Crippen LogP contribution in [0, 0.1) is 5.92 Å². The molecule has 6 heteroatoms. The molecule has 1 saturated heterocycles. The van der Waals surface area contributed by atoms with Gasteiger partial charge >= 0.3 is 6.09 Å². The quantitative estimate of drug-likeness (QED) is 0.848. The molecule has 1 aliphatic rings. The molecule has 1 aromatic rings. The van der Waals surface area contributed by atoms with E-state index in [2.05, 4.69) is 9.97 Å². The van der Waals surface area contributed by atoms with Crippen LogP contribution in [0.15, 0.2) is 18.6 Å². The Balaban J connectivity index is 1.76. The number of nitrogens with zero attached hydrogens (tertiary/aromatic N) is 3. The number of ether oxygens (including phenoxy) is 2. The van der Waals surface area contributed by atoms with Crippen molar-refractivity contribution in [2.24, 2.45) is 5.92 Å². The molecular formula is C14H21N3O3. The molecule has 110 valence electrons. The molecule has 0 spiro atoms. The predicted octanol–water partition coefficient (Wildman–Crippen LogP) is 2.11. The van der Waals surface area contributed by atoms with E-state index < -0.39 is 5.60 Å². The van der Waals surface area contributed by atoms with Gasteiger partial charge in [-0.15, -0.1) is 0 Å². The third-order valence-electron chi connectivity index (χ3n) is 2.96. The Hall–Kier alpha value is -1.85. The molecule has 1 amide bonds.